The molecule has 0 aliphatic rings. The van der Waals surface area contributed by atoms with Gasteiger partial charge in [-0.25, -0.2) is 4.79 Å². The van der Waals surface area contributed by atoms with E-state index in [0.29, 0.717) is 0 Å². The van der Waals surface area contributed by atoms with Crippen molar-refractivity contribution >= 4 is 6.16 Å². The molecule has 0 saturated carbocycles. The first kappa shape index (κ1) is 13.3. The van der Waals surface area contributed by atoms with Crippen molar-refractivity contribution in [3.8, 4) is 0 Å². The summed E-state index contributed by atoms with van der Waals surface area (Å²) in [5.74, 6) is 0. The van der Waals surface area contributed by atoms with Crippen molar-refractivity contribution in [3.63, 3.8) is 0 Å². The predicted octanol–water partition coefficient (Wildman–Crippen LogP) is 3.52. The summed E-state index contributed by atoms with van der Waals surface area (Å²) in [5, 5.41) is 0. The zero-order valence-electron chi connectivity index (χ0n) is 9.54. The molecule has 0 bridgehead atoms. The largest absolute Gasteiger partial charge is 0.508 e. The molecule has 3 heteroatoms. The van der Waals surface area contributed by atoms with E-state index in [2.05, 4.69) is 18.6 Å². The zero-order valence-corrected chi connectivity index (χ0v) is 9.54. The molecule has 0 spiro atoms. The van der Waals surface area contributed by atoms with Gasteiger partial charge in [-0.05, 0) is 12.8 Å². The number of carbonyl (C=O) groups excluding carboxylic acids is 1. The minimum Gasteiger partial charge on any atom is -0.438 e. The summed E-state index contributed by atoms with van der Waals surface area (Å²) in [7, 11) is 1.35. The van der Waals surface area contributed by atoms with Gasteiger partial charge in [-0.1, -0.05) is 39.5 Å². The van der Waals surface area contributed by atoms with Crippen LogP contribution in [0, 0.1) is 0 Å². The van der Waals surface area contributed by atoms with E-state index in [-0.39, 0.29) is 6.10 Å². The van der Waals surface area contributed by atoms with Crippen LogP contribution in [0.3, 0.4) is 0 Å². The monoisotopic (exact) mass is 202 g/mol. The maximum atomic E-state index is 10.9. The molecule has 0 fully saturated rings. The minimum atomic E-state index is -0.554. The van der Waals surface area contributed by atoms with Gasteiger partial charge in [-0.15, -0.1) is 0 Å². The second-order valence-electron chi connectivity index (χ2n) is 3.48. The second kappa shape index (κ2) is 8.85. The summed E-state index contributed by atoms with van der Waals surface area (Å²) >= 11 is 0. The lowest BCUT2D eigenvalue weighted by Gasteiger charge is -2.16. The van der Waals surface area contributed by atoms with Gasteiger partial charge in [0.1, 0.15) is 6.10 Å². The van der Waals surface area contributed by atoms with Crippen LogP contribution in [0.25, 0.3) is 0 Å². The van der Waals surface area contributed by atoms with Gasteiger partial charge in [0.2, 0.25) is 0 Å². The van der Waals surface area contributed by atoms with Gasteiger partial charge >= 0.3 is 6.16 Å². The second-order valence-corrected chi connectivity index (χ2v) is 3.48. The number of ether oxygens (including phenoxy) is 2. The van der Waals surface area contributed by atoms with Crippen molar-refractivity contribution in [2.45, 2.75) is 58.5 Å². The molecule has 3 nitrogen and oxygen atoms in total. The molecule has 14 heavy (non-hydrogen) atoms. The fourth-order valence-corrected chi connectivity index (χ4v) is 1.31. The lowest BCUT2D eigenvalue weighted by molar-refractivity contribution is 0.0290. The number of unbranched alkanes of at least 4 members (excludes halogenated alkanes) is 2. The Morgan fingerprint density at radius 1 is 1.14 bits per heavy atom. The van der Waals surface area contributed by atoms with E-state index in [4.69, 9.17) is 4.74 Å². The first-order valence-electron chi connectivity index (χ1n) is 5.49. The first-order valence-corrected chi connectivity index (χ1v) is 5.49. The van der Waals surface area contributed by atoms with Crippen LogP contribution in [-0.2, 0) is 9.47 Å². The summed E-state index contributed by atoms with van der Waals surface area (Å²) in [4.78, 5) is 10.9. The lowest BCUT2D eigenvalue weighted by atomic mass is 10.1. The minimum absolute atomic E-state index is 0.0438. The van der Waals surface area contributed by atoms with Crippen molar-refractivity contribution in [2.24, 2.45) is 0 Å². The van der Waals surface area contributed by atoms with Gasteiger partial charge in [0.05, 0.1) is 7.11 Å². The van der Waals surface area contributed by atoms with Gasteiger partial charge in [0.15, 0.2) is 0 Å². The fourth-order valence-electron chi connectivity index (χ4n) is 1.31. The molecule has 0 amide bonds. The quantitative estimate of drug-likeness (QED) is 0.592. The van der Waals surface area contributed by atoms with E-state index in [9.17, 15) is 4.79 Å². The highest BCUT2D eigenvalue weighted by Crippen LogP contribution is 2.13. The molecule has 84 valence electrons. The Kier molecular flexibility index (Phi) is 8.39. The molecular weight excluding hydrogens is 180 g/mol. The SMILES string of the molecule is CCCCC(CCCC)OC(=O)OC. The van der Waals surface area contributed by atoms with Gasteiger partial charge in [-0.2, -0.15) is 0 Å². The Morgan fingerprint density at radius 3 is 2.00 bits per heavy atom. The van der Waals surface area contributed by atoms with Crippen molar-refractivity contribution in [1.82, 2.24) is 0 Å². The number of carbonyl (C=O) groups is 1. The predicted molar refractivity (Wildman–Crippen MR) is 56.3 cm³/mol. The fraction of sp³-hybridized carbons (Fsp3) is 0.909. The Labute approximate surface area is 86.8 Å². The van der Waals surface area contributed by atoms with Gasteiger partial charge in [-0.3, -0.25) is 0 Å². The van der Waals surface area contributed by atoms with Crippen LogP contribution in [0.15, 0.2) is 0 Å². The van der Waals surface area contributed by atoms with Crippen LogP contribution in [0.2, 0.25) is 0 Å². The molecule has 0 aromatic carbocycles. The van der Waals surface area contributed by atoms with Crippen LogP contribution in [-0.4, -0.2) is 19.4 Å². The van der Waals surface area contributed by atoms with Crippen LogP contribution in [0.5, 0.6) is 0 Å². The Balaban J connectivity index is 3.77. The van der Waals surface area contributed by atoms with Crippen molar-refractivity contribution in [1.29, 1.82) is 0 Å². The summed E-state index contributed by atoms with van der Waals surface area (Å²) in [6.07, 6.45) is 5.86. The lowest BCUT2D eigenvalue weighted by Crippen LogP contribution is -2.18. The van der Waals surface area contributed by atoms with Crippen molar-refractivity contribution < 1.29 is 14.3 Å². The van der Waals surface area contributed by atoms with Crippen molar-refractivity contribution in [3.05, 3.63) is 0 Å². The van der Waals surface area contributed by atoms with Gasteiger partial charge in [0.25, 0.3) is 0 Å². The third-order valence-electron chi connectivity index (χ3n) is 2.19. The Hall–Kier alpha value is -0.730. The molecule has 0 N–H and O–H groups in total. The molecule has 0 saturated heterocycles. The maximum Gasteiger partial charge on any atom is 0.508 e. The van der Waals surface area contributed by atoms with E-state index < -0.39 is 6.16 Å². The highest BCUT2D eigenvalue weighted by molar-refractivity contribution is 5.59. The van der Waals surface area contributed by atoms with Crippen LogP contribution in [0.4, 0.5) is 4.79 Å². The topological polar surface area (TPSA) is 35.5 Å². The van der Waals surface area contributed by atoms with E-state index in [1.165, 1.54) is 7.11 Å². The molecule has 0 unspecified atom stereocenters. The van der Waals surface area contributed by atoms with Crippen LogP contribution < -0.4 is 0 Å². The third-order valence-corrected chi connectivity index (χ3v) is 2.19. The van der Waals surface area contributed by atoms with Gasteiger partial charge in [0, 0.05) is 0 Å². The molecule has 0 aromatic heterocycles. The highest BCUT2D eigenvalue weighted by Gasteiger charge is 2.13. The number of rotatable bonds is 7. The van der Waals surface area contributed by atoms with Crippen LogP contribution in [0.1, 0.15) is 52.4 Å². The number of hydrogen-bond donors (Lipinski definition) is 0. The smallest absolute Gasteiger partial charge is 0.438 e. The van der Waals surface area contributed by atoms with Crippen LogP contribution >= 0.6 is 0 Å². The summed E-state index contributed by atoms with van der Waals surface area (Å²) in [6.45, 7) is 4.27. The standard InChI is InChI=1S/C11H22O3/c1-4-6-8-10(9-7-5-2)14-11(12)13-3/h10H,4-9H2,1-3H3. The molecule has 0 atom stereocenters. The van der Waals surface area contributed by atoms with E-state index in [1.807, 2.05) is 0 Å². The third kappa shape index (κ3) is 6.75. The molecule has 0 rings (SSSR count). The van der Waals surface area contributed by atoms with Gasteiger partial charge < -0.3 is 9.47 Å². The average molecular weight is 202 g/mol. The Morgan fingerprint density at radius 2 is 1.64 bits per heavy atom. The molecule has 0 aromatic rings. The highest BCUT2D eigenvalue weighted by atomic mass is 16.7. The maximum absolute atomic E-state index is 10.9. The number of hydrogen-bond acceptors (Lipinski definition) is 3. The average Bonchev–Trinajstić information content (AvgIpc) is 2.21. The summed E-state index contributed by atoms with van der Waals surface area (Å²) in [6, 6.07) is 0. The molecule has 0 aliphatic heterocycles. The van der Waals surface area contributed by atoms with E-state index in [1.54, 1.807) is 0 Å². The normalized spacial score (nSPS) is 10.3. The van der Waals surface area contributed by atoms with E-state index >= 15 is 0 Å². The zero-order chi connectivity index (χ0) is 10.8. The molecule has 0 radical (unpaired) electrons. The summed E-state index contributed by atoms with van der Waals surface area (Å²) < 4.78 is 9.62. The molecular formula is C11H22O3. The van der Waals surface area contributed by atoms with E-state index in [0.717, 1.165) is 38.5 Å². The Bertz CT molecular complexity index is 137. The molecule has 0 aliphatic carbocycles. The molecule has 0 heterocycles. The van der Waals surface area contributed by atoms with Crippen molar-refractivity contribution in [2.75, 3.05) is 7.11 Å². The number of methoxy groups -OCH3 is 1. The summed E-state index contributed by atoms with van der Waals surface area (Å²) in [5.41, 5.74) is 0. The first-order chi connectivity index (χ1) is 6.74.